The SMILES string of the molecule is O=C1Nc2ccccc2[C@]12[C@H]([N+](=O)[O-])[C@H](c1ccc(OCc3ccc(Cl)cc3Cl)cc1)[C@@H]1CCCN12. The Bertz CT molecular complexity index is 1370. The van der Waals surface area contributed by atoms with Gasteiger partial charge in [0.1, 0.15) is 12.4 Å². The fraction of sp³-hybridized carbons (Fsp3) is 0.296. The fourth-order valence-corrected chi connectivity index (χ4v) is 6.82. The molecule has 1 amide bonds. The molecule has 3 aromatic rings. The molecule has 3 heterocycles. The van der Waals surface area contributed by atoms with Gasteiger partial charge in [0.25, 0.3) is 11.9 Å². The third-order valence-electron chi connectivity index (χ3n) is 7.77. The Morgan fingerprint density at radius 2 is 1.89 bits per heavy atom. The Balaban J connectivity index is 1.33. The van der Waals surface area contributed by atoms with Crippen molar-refractivity contribution in [2.75, 3.05) is 11.9 Å². The number of carbonyl (C=O) groups is 1. The van der Waals surface area contributed by atoms with Crippen LogP contribution in [0.3, 0.4) is 0 Å². The average molecular weight is 524 g/mol. The van der Waals surface area contributed by atoms with E-state index in [1.807, 2.05) is 54.6 Å². The van der Waals surface area contributed by atoms with Gasteiger partial charge in [-0.1, -0.05) is 59.6 Å². The summed E-state index contributed by atoms with van der Waals surface area (Å²) in [7, 11) is 0. The van der Waals surface area contributed by atoms with E-state index in [0.29, 0.717) is 33.6 Å². The normalized spacial score (nSPS) is 26.6. The number of anilines is 1. The average Bonchev–Trinajstić information content (AvgIpc) is 3.52. The van der Waals surface area contributed by atoms with Gasteiger partial charge in [0.15, 0.2) is 5.54 Å². The van der Waals surface area contributed by atoms with Gasteiger partial charge in [-0.15, -0.1) is 0 Å². The zero-order chi connectivity index (χ0) is 25.0. The maximum atomic E-state index is 13.5. The molecule has 0 aliphatic carbocycles. The molecule has 0 bridgehead atoms. The van der Waals surface area contributed by atoms with Crippen molar-refractivity contribution in [3.63, 3.8) is 0 Å². The second-order valence-corrected chi connectivity index (χ2v) is 10.4. The van der Waals surface area contributed by atoms with Crippen LogP contribution in [0.25, 0.3) is 0 Å². The van der Waals surface area contributed by atoms with Crippen molar-refractivity contribution in [1.29, 1.82) is 0 Å². The smallest absolute Gasteiger partial charge is 0.256 e. The molecular weight excluding hydrogens is 501 g/mol. The first-order chi connectivity index (χ1) is 17.4. The maximum Gasteiger partial charge on any atom is 0.256 e. The van der Waals surface area contributed by atoms with Gasteiger partial charge >= 0.3 is 0 Å². The van der Waals surface area contributed by atoms with Gasteiger partial charge in [-0.3, -0.25) is 19.8 Å². The highest BCUT2D eigenvalue weighted by atomic mass is 35.5. The van der Waals surface area contributed by atoms with Crippen LogP contribution in [0.2, 0.25) is 10.0 Å². The molecule has 4 atom stereocenters. The first-order valence-electron chi connectivity index (χ1n) is 11.9. The highest BCUT2D eigenvalue weighted by Crippen LogP contribution is 2.58. The summed E-state index contributed by atoms with van der Waals surface area (Å²) in [5, 5.41) is 16.7. The molecule has 0 aromatic heterocycles. The number of nitrogens with zero attached hydrogens (tertiary/aromatic N) is 2. The van der Waals surface area contributed by atoms with Crippen molar-refractivity contribution < 1.29 is 14.5 Å². The Morgan fingerprint density at radius 1 is 1.11 bits per heavy atom. The lowest BCUT2D eigenvalue weighted by Gasteiger charge is -2.32. The molecular formula is C27H23Cl2N3O4. The number of halogens is 2. The predicted molar refractivity (Wildman–Crippen MR) is 137 cm³/mol. The monoisotopic (exact) mass is 523 g/mol. The number of benzene rings is 3. The Labute approximate surface area is 218 Å². The second kappa shape index (κ2) is 8.76. The summed E-state index contributed by atoms with van der Waals surface area (Å²) < 4.78 is 5.91. The third kappa shape index (κ3) is 3.41. The van der Waals surface area contributed by atoms with Crippen LogP contribution < -0.4 is 10.1 Å². The van der Waals surface area contributed by atoms with Gasteiger partial charge < -0.3 is 10.1 Å². The van der Waals surface area contributed by atoms with Crippen LogP contribution in [0.4, 0.5) is 5.69 Å². The first-order valence-corrected chi connectivity index (χ1v) is 12.6. The number of nitro groups is 1. The molecule has 184 valence electrons. The number of para-hydroxylation sites is 1. The van der Waals surface area contributed by atoms with Gasteiger partial charge in [-0.25, -0.2) is 0 Å². The van der Waals surface area contributed by atoms with Gasteiger partial charge in [0.05, 0.1) is 5.92 Å². The van der Waals surface area contributed by atoms with E-state index in [1.165, 1.54) is 0 Å². The molecule has 0 radical (unpaired) electrons. The van der Waals surface area contributed by atoms with Crippen LogP contribution in [-0.4, -0.2) is 34.4 Å². The first kappa shape index (κ1) is 23.3. The van der Waals surface area contributed by atoms with E-state index < -0.39 is 17.5 Å². The Hall–Kier alpha value is -3.13. The minimum atomic E-state index is -1.31. The number of carbonyl (C=O) groups excluding carboxylic acids is 1. The van der Waals surface area contributed by atoms with Crippen molar-refractivity contribution in [2.45, 2.75) is 43.0 Å². The molecule has 3 aliphatic rings. The molecule has 3 aromatic carbocycles. The summed E-state index contributed by atoms with van der Waals surface area (Å²) in [6.45, 7) is 0.920. The lowest BCUT2D eigenvalue weighted by molar-refractivity contribution is -0.534. The zero-order valence-corrected chi connectivity index (χ0v) is 20.7. The van der Waals surface area contributed by atoms with E-state index in [2.05, 4.69) is 10.2 Å². The summed E-state index contributed by atoms with van der Waals surface area (Å²) in [5.41, 5.74) is 1.69. The minimum absolute atomic E-state index is 0.100. The van der Waals surface area contributed by atoms with Crippen molar-refractivity contribution in [3.05, 3.63) is 104 Å². The quantitative estimate of drug-likeness (QED) is 0.346. The maximum absolute atomic E-state index is 13.5. The molecule has 0 saturated carbocycles. The third-order valence-corrected chi connectivity index (χ3v) is 8.36. The van der Waals surface area contributed by atoms with E-state index in [1.54, 1.807) is 12.1 Å². The standard InChI is InChI=1S/C27H23Cl2N3O4/c28-18-10-7-17(21(29)14-18)15-36-19-11-8-16(9-12-19)24-23-6-3-13-31(23)27(25(24)32(34)35)20-4-1-2-5-22(20)30-26(27)33/h1-2,4-5,7-12,14,23-25H,3,6,13,15H2,(H,30,33)/t23-,24+,25+,27-/m0/s1. The zero-order valence-electron chi connectivity index (χ0n) is 19.2. The lowest BCUT2D eigenvalue weighted by Crippen LogP contribution is -2.55. The van der Waals surface area contributed by atoms with E-state index >= 15 is 0 Å². The Morgan fingerprint density at radius 3 is 2.64 bits per heavy atom. The number of ether oxygens (including phenoxy) is 1. The van der Waals surface area contributed by atoms with Crippen LogP contribution in [0.1, 0.15) is 35.4 Å². The van der Waals surface area contributed by atoms with Crippen molar-refractivity contribution in [2.24, 2.45) is 0 Å². The summed E-state index contributed by atoms with van der Waals surface area (Å²) in [5.74, 6) is -0.110. The number of rotatable bonds is 5. The highest BCUT2D eigenvalue weighted by molar-refractivity contribution is 6.35. The van der Waals surface area contributed by atoms with Crippen LogP contribution in [0.15, 0.2) is 66.7 Å². The van der Waals surface area contributed by atoms with Crippen molar-refractivity contribution in [1.82, 2.24) is 4.90 Å². The van der Waals surface area contributed by atoms with E-state index in [0.717, 1.165) is 24.0 Å². The van der Waals surface area contributed by atoms with Crippen LogP contribution in [0.5, 0.6) is 5.75 Å². The topological polar surface area (TPSA) is 84.7 Å². The van der Waals surface area contributed by atoms with E-state index in [-0.39, 0.29) is 23.5 Å². The number of nitrogens with one attached hydrogen (secondary N) is 1. The minimum Gasteiger partial charge on any atom is -0.489 e. The molecule has 36 heavy (non-hydrogen) atoms. The molecule has 0 unspecified atom stereocenters. The molecule has 3 aliphatic heterocycles. The second-order valence-electron chi connectivity index (χ2n) is 9.52. The van der Waals surface area contributed by atoms with Crippen LogP contribution in [0, 0.1) is 10.1 Å². The van der Waals surface area contributed by atoms with Crippen LogP contribution >= 0.6 is 23.2 Å². The lowest BCUT2D eigenvalue weighted by atomic mass is 9.77. The number of fused-ring (bicyclic) bond motifs is 4. The summed E-state index contributed by atoms with van der Waals surface area (Å²) in [6.07, 6.45) is 1.70. The number of amides is 1. The van der Waals surface area contributed by atoms with E-state index in [9.17, 15) is 14.9 Å². The molecule has 9 heteroatoms. The molecule has 6 rings (SSSR count). The van der Waals surface area contributed by atoms with Crippen molar-refractivity contribution in [3.8, 4) is 5.75 Å². The molecule has 2 fully saturated rings. The van der Waals surface area contributed by atoms with Crippen LogP contribution in [-0.2, 0) is 16.9 Å². The predicted octanol–water partition coefficient (Wildman–Crippen LogP) is 5.63. The Kier molecular flexibility index (Phi) is 5.67. The molecule has 7 nitrogen and oxygen atoms in total. The van der Waals surface area contributed by atoms with Gasteiger partial charge in [0.2, 0.25) is 0 Å². The summed E-state index contributed by atoms with van der Waals surface area (Å²) in [6, 6.07) is 18.8. The summed E-state index contributed by atoms with van der Waals surface area (Å²) in [4.78, 5) is 28.0. The van der Waals surface area contributed by atoms with Gasteiger partial charge in [-0.2, -0.15) is 0 Å². The number of hydrogen-bond acceptors (Lipinski definition) is 5. The number of hydrogen-bond donors (Lipinski definition) is 1. The van der Waals surface area contributed by atoms with Crippen molar-refractivity contribution >= 4 is 34.8 Å². The molecule has 1 spiro atoms. The van der Waals surface area contributed by atoms with Gasteiger partial charge in [0, 0.05) is 44.4 Å². The molecule has 1 N–H and O–H groups in total. The highest BCUT2D eigenvalue weighted by Gasteiger charge is 2.73. The summed E-state index contributed by atoms with van der Waals surface area (Å²) >= 11 is 12.2. The molecule has 2 saturated heterocycles. The largest absolute Gasteiger partial charge is 0.489 e. The van der Waals surface area contributed by atoms with E-state index in [4.69, 9.17) is 27.9 Å². The van der Waals surface area contributed by atoms with Gasteiger partial charge in [-0.05, 0) is 48.7 Å². The fourth-order valence-electron chi connectivity index (χ4n) is 6.36.